The summed E-state index contributed by atoms with van der Waals surface area (Å²) >= 11 is 0. The van der Waals surface area contributed by atoms with E-state index in [0.29, 0.717) is 37.5 Å². The third-order valence-electron chi connectivity index (χ3n) is 10.2. The zero-order chi connectivity index (χ0) is 33.6. The number of carbonyl (C=O) groups excluding carboxylic acids is 2. The maximum Gasteiger partial charge on any atom is 0.481 e. The number of nitrogens with two attached hydrogens (primary N) is 1. The van der Waals surface area contributed by atoms with Crippen LogP contribution in [0.4, 0.5) is 4.39 Å². The third-order valence-corrected chi connectivity index (χ3v) is 10.2. The van der Waals surface area contributed by atoms with E-state index in [2.05, 4.69) is 50.2 Å². The van der Waals surface area contributed by atoms with E-state index in [4.69, 9.17) is 15.0 Å². The average Bonchev–Trinajstić information content (AvgIpc) is 3.34. The second-order valence-electron chi connectivity index (χ2n) is 14.3. The Balaban J connectivity index is 1.38. The number of hydrogen-bond donors (Lipinski definition) is 4. The van der Waals surface area contributed by atoms with Crippen LogP contribution < -0.4 is 21.8 Å². The molecule has 0 aromatic heterocycles. The summed E-state index contributed by atoms with van der Waals surface area (Å²) in [4.78, 5) is 41.3. The van der Waals surface area contributed by atoms with E-state index in [1.54, 1.807) is 17.6 Å². The number of aryl methyl sites for hydroxylation is 1. The molecule has 46 heavy (non-hydrogen) atoms. The monoisotopic (exact) mass is 644 g/mol. The summed E-state index contributed by atoms with van der Waals surface area (Å²) in [6.07, 6.45) is 5.55. The molecule has 1 aliphatic heterocycles. The summed E-state index contributed by atoms with van der Waals surface area (Å²) in [5.41, 5.74) is 8.08. The minimum absolute atomic E-state index is 0.0256. The fraction of sp³-hybridized carbons (Fsp3) is 0.719. The summed E-state index contributed by atoms with van der Waals surface area (Å²) in [6, 6.07) is 5.45. The number of nitrogens with zero attached hydrogens (tertiary/aromatic N) is 2. The van der Waals surface area contributed by atoms with Gasteiger partial charge in [-0.3, -0.25) is 9.59 Å². The minimum atomic E-state index is -0.856. The van der Waals surface area contributed by atoms with Crippen molar-refractivity contribution in [1.29, 1.82) is 0 Å². The van der Waals surface area contributed by atoms with Crippen molar-refractivity contribution in [2.75, 3.05) is 6.54 Å². The Morgan fingerprint density at radius 1 is 1.15 bits per heavy atom. The molecule has 14 heteroatoms. The van der Waals surface area contributed by atoms with Crippen LogP contribution in [-0.4, -0.2) is 60.2 Å². The molecule has 0 unspecified atom stereocenters. The number of halogens is 1. The largest absolute Gasteiger partial charge is 0.481 e. The lowest BCUT2D eigenvalue weighted by Crippen LogP contribution is -2.65. The standard InChI is InChI=1S/C32H50BFN6O6/c1-20(2)17-27(33-45-26-19-22-18-25(31(22,3)4)32(26,5)46-33)38-29(42)24(10-8-16-36-30(35)39-40(43)44)37-28(41)11-7-6-9-21-12-14-23(34)15-13-21/h12-15,20,22,24-27H,6-11,16-19H2,1-5H3,(H,37,41)(H,38,42)(H3,35,36,39)/t22-,24+,25-,26-,27+,32+/m1/s1. The van der Waals surface area contributed by atoms with Gasteiger partial charge in [0.2, 0.25) is 11.8 Å². The molecule has 3 aliphatic carbocycles. The van der Waals surface area contributed by atoms with Gasteiger partial charge in [-0.15, -0.1) is 0 Å². The number of hydrogen-bond acceptors (Lipinski definition) is 7. The van der Waals surface area contributed by atoms with Crippen LogP contribution in [0.3, 0.4) is 0 Å². The van der Waals surface area contributed by atoms with Gasteiger partial charge in [-0.2, -0.15) is 0 Å². The molecule has 0 radical (unpaired) electrons. The Labute approximate surface area is 271 Å². The van der Waals surface area contributed by atoms with Gasteiger partial charge in [0.25, 0.3) is 5.96 Å². The second-order valence-corrected chi connectivity index (χ2v) is 14.3. The van der Waals surface area contributed by atoms with Gasteiger partial charge in [-0.05, 0) is 99.2 Å². The van der Waals surface area contributed by atoms with E-state index in [9.17, 15) is 24.1 Å². The number of unbranched alkanes of at least 4 members (excludes halogenated alkanes) is 1. The molecule has 1 heterocycles. The van der Waals surface area contributed by atoms with Gasteiger partial charge in [0.1, 0.15) is 11.9 Å². The van der Waals surface area contributed by atoms with E-state index in [1.807, 2.05) is 0 Å². The van der Waals surface area contributed by atoms with Gasteiger partial charge < -0.3 is 25.7 Å². The van der Waals surface area contributed by atoms with Crippen LogP contribution in [0.2, 0.25) is 0 Å². The molecule has 5 rings (SSSR count). The number of carbonyl (C=O) groups is 2. The maximum atomic E-state index is 13.8. The lowest BCUT2D eigenvalue weighted by atomic mass is 9.43. The number of aliphatic imine (C=N–C) groups is 1. The first-order valence-electron chi connectivity index (χ1n) is 16.6. The Morgan fingerprint density at radius 3 is 2.52 bits per heavy atom. The van der Waals surface area contributed by atoms with Gasteiger partial charge in [-0.25, -0.2) is 19.5 Å². The summed E-state index contributed by atoms with van der Waals surface area (Å²) in [5, 5.41) is 15.8. The van der Waals surface area contributed by atoms with Crippen LogP contribution in [0, 0.1) is 39.1 Å². The highest BCUT2D eigenvalue weighted by Crippen LogP contribution is 2.65. The highest BCUT2D eigenvalue weighted by atomic mass is 19.1. The summed E-state index contributed by atoms with van der Waals surface area (Å²) in [5.74, 6) is -0.402. The lowest BCUT2D eigenvalue weighted by molar-refractivity contribution is -0.525. The predicted octanol–water partition coefficient (Wildman–Crippen LogP) is 3.70. The van der Waals surface area contributed by atoms with Crippen molar-refractivity contribution in [2.24, 2.45) is 33.9 Å². The number of hydrazine groups is 1. The number of nitrogens with one attached hydrogen (secondary N) is 3. The van der Waals surface area contributed by atoms with Gasteiger partial charge in [-0.1, -0.05) is 45.3 Å². The number of amides is 2. The summed E-state index contributed by atoms with van der Waals surface area (Å²) in [7, 11) is -0.600. The molecule has 1 aromatic carbocycles. The molecule has 2 amide bonds. The Bertz CT molecular complexity index is 1270. The number of nitro groups is 1. The molecular formula is C32H50BFN6O6. The predicted molar refractivity (Wildman–Crippen MR) is 173 cm³/mol. The molecule has 254 valence electrons. The van der Waals surface area contributed by atoms with Crippen LogP contribution in [0.1, 0.15) is 91.5 Å². The van der Waals surface area contributed by atoms with E-state index < -0.39 is 29.7 Å². The quantitative estimate of drug-likeness (QED) is 0.0527. The first kappa shape index (κ1) is 35.6. The molecule has 1 aromatic rings. The molecule has 4 aliphatic rings. The molecule has 12 nitrogen and oxygen atoms in total. The van der Waals surface area contributed by atoms with Gasteiger partial charge in [0.15, 0.2) is 5.03 Å². The third kappa shape index (κ3) is 8.75. The fourth-order valence-corrected chi connectivity index (χ4v) is 7.53. The van der Waals surface area contributed by atoms with E-state index >= 15 is 0 Å². The van der Waals surface area contributed by atoms with Crippen molar-refractivity contribution >= 4 is 24.9 Å². The Hall–Kier alpha value is -3.26. The van der Waals surface area contributed by atoms with Crippen LogP contribution in [0.25, 0.3) is 0 Å². The molecule has 1 saturated heterocycles. The lowest BCUT2D eigenvalue weighted by Gasteiger charge is -2.64. The van der Waals surface area contributed by atoms with E-state index in [1.165, 1.54) is 12.1 Å². The van der Waals surface area contributed by atoms with Crippen molar-refractivity contribution < 1.29 is 28.3 Å². The smallest absolute Gasteiger partial charge is 0.404 e. The number of guanidine groups is 1. The molecular weight excluding hydrogens is 594 g/mol. The topological polar surface area (TPSA) is 170 Å². The molecule has 3 saturated carbocycles. The first-order valence-corrected chi connectivity index (χ1v) is 16.6. The van der Waals surface area contributed by atoms with Gasteiger partial charge >= 0.3 is 7.12 Å². The molecule has 6 atom stereocenters. The van der Waals surface area contributed by atoms with Gasteiger partial charge in [0.05, 0.1) is 17.6 Å². The fourth-order valence-electron chi connectivity index (χ4n) is 7.53. The maximum absolute atomic E-state index is 13.8. The van der Waals surface area contributed by atoms with Crippen LogP contribution in [0.5, 0.6) is 0 Å². The van der Waals surface area contributed by atoms with Crippen molar-refractivity contribution in [3.05, 3.63) is 45.8 Å². The van der Waals surface area contributed by atoms with Crippen molar-refractivity contribution in [1.82, 2.24) is 16.1 Å². The summed E-state index contributed by atoms with van der Waals surface area (Å²) < 4.78 is 26.4. The second kappa shape index (κ2) is 15.1. The molecule has 2 bridgehead atoms. The molecule has 4 fully saturated rings. The van der Waals surface area contributed by atoms with Crippen LogP contribution in [-0.2, 0) is 25.3 Å². The average molecular weight is 645 g/mol. The van der Waals surface area contributed by atoms with Crippen LogP contribution >= 0.6 is 0 Å². The van der Waals surface area contributed by atoms with Crippen LogP contribution in [0.15, 0.2) is 29.3 Å². The van der Waals surface area contributed by atoms with Crippen molar-refractivity contribution in [3.63, 3.8) is 0 Å². The zero-order valence-electron chi connectivity index (χ0n) is 27.7. The number of rotatable bonds is 16. The first-order chi connectivity index (χ1) is 21.7. The highest BCUT2D eigenvalue weighted by molar-refractivity contribution is 6.48. The van der Waals surface area contributed by atoms with E-state index in [-0.39, 0.29) is 60.4 Å². The minimum Gasteiger partial charge on any atom is -0.404 e. The normalized spacial score (nSPS) is 26.1. The molecule has 0 spiro atoms. The van der Waals surface area contributed by atoms with Crippen molar-refractivity contribution in [3.8, 4) is 0 Å². The zero-order valence-corrected chi connectivity index (χ0v) is 27.7. The van der Waals surface area contributed by atoms with Gasteiger partial charge in [0, 0.05) is 13.0 Å². The number of benzene rings is 1. The summed E-state index contributed by atoms with van der Waals surface area (Å²) in [6.45, 7) is 11.0. The van der Waals surface area contributed by atoms with E-state index in [0.717, 1.165) is 24.8 Å². The highest BCUT2D eigenvalue weighted by Gasteiger charge is 2.68. The Morgan fingerprint density at radius 2 is 1.87 bits per heavy atom. The van der Waals surface area contributed by atoms with Crippen molar-refractivity contribution in [2.45, 2.75) is 116 Å². The molecule has 5 N–H and O–H groups in total. The Kier molecular flexibility index (Phi) is 11.7. The SMILES string of the molecule is CC(C)C[C@H](NC(=O)[C@H](CCCN=C(N)N[N+](=O)[O-])NC(=O)CCCCc1ccc(F)cc1)B1O[C@@H]2C[C@H]3C[C@H](C3(C)C)[C@]2(C)O1.